The van der Waals surface area contributed by atoms with Crippen molar-refractivity contribution in [3.63, 3.8) is 0 Å². The summed E-state index contributed by atoms with van der Waals surface area (Å²) in [5.41, 5.74) is 5.30. The summed E-state index contributed by atoms with van der Waals surface area (Å²) >= 11 is 0. The number of para-hydroxylation sites is 2. The number of hydrogen-bond donors (Lipinski definition) is 1. The lowest BCUT2D eigenvalue weighted by Gasteiger charge is -2.21. The molecule has 0 fully saturated rings. The Kier molecular flexibility index (Phi) is 7.92. The topological polar surface area (TPSA) is 93.0 Å². The maximum Gasteiger partial charge on any atom is 0.260 e. The molecule has 0 radical (unpaired) electrons. The Bertz CT molecular complexity index is 1570. The molecule has 1 heterocycles. The van der Waals surface area contributed by atoms with Crippen LogP contribution in [-0.2, 0) is 14.8 Å². The highest BCUT2D eigenvalue weighted by molar-refractivity contribution is 7.92. The van der Waals surface area contributed by atoms with Gasteiger partial charge in [0.1, 0.15) is 23.9 Å². The summed E-state index contributed by atoms with van der Waals surface area (Å²) in [7, 11) is -3.76. The van der Waals surface area contributed by atoms with Crippen LogP contribution in [0.3, 0.4) is 0 Å². The molecule has 0 aliphatic carbocycles. The maximum absolute atomic E-state index is 14.3. The molecule has 8 nitrogen and oxygen atoms in total. The molecule has 196 valence electrons. The molecule has 3 aromatic carbocycles. The number of hydrogen-bond acceptors (Lipinski definition) is 5. The van der Waals surface area contributed by atoms with Gasteiger partial charge in [0.15, 0.2) is 0 Å². The largest absolute Gasteiger partial charge is 0.457 e. The highest BCUT2D eigenvalue weighted by atomic mass is 32.2. The molecule has 0 saturated heterocycles. The summed E-state index contributed by atoms with van der Waals surface area (Å²) in [5.74, 6) is 0.188. The second-order valence-electron chi connectivity index (χ2n) is 8.59. The third kappa shape index (κ3) is 6.27. The number of aryl methyl sites for hydroxylation is 1. The van der Waals surface area contributed by atoms with Crippen molar-refractivity contribution in [2.75, 3.05) is 17.1 Å². The highest BCUT2D eigenvalue weighted by Gasteiger charge is 2.21. The van der Waals surface area contributed by atoms with Gasteiger partial charge in [-0.15, -0.1) is 0 Å². The Morgan fingerprint density at radius 3 is 2.29 bits per heavy atom. The zero-order valence-electron chi connectivity index (χ0n) is 21.1. The van der Waals surface area contributed by atoms with Gasteiger partial charge in [-0.1, -0.05) is 30.3 Å². The van der Waals surface area contributed by atoms with E-state index in [4.69, 9.17) is 4.74 Å². The Morgan fingerprint density at radius 1 is 1.00 bits per heavy atom. The SMILES string of the molecule is Cc1cc(/C=N\NC(=O)CN(c2ccc(Oc3ccccc3)cc2)S(C)(=O)=O)c(C)n1-c1ccccc1F. The van der Waals surface area contributed by atoms with Gasteiger partial charge < -0.3 is 9.30 Å². The first-order valence-corrected chi connectivity index (χ1v) is 13.5. The third-order valence-electron chi connectivity index (χ3n) is 5.75. The van der Waals surface area contributed by atoms with E-state index in [0.717, 1.165) is 21.9 Å². The van der Waals surface area contributed by atoms with Crippen LogP contribution < -0.4 is 14.5 Å². The number of nitrogens with one attached hydrogen (secondary N) is 1. The Morgan fingerprint density at radius 2 is 1.63 bits per heavy atom. The number of nitrogens with zero attached hydrogens (tertiary/aromatic N) is 3. The van der Waals surface area contributed by atoms with Crippen LogP contribution in [0.15, 0.2) is 90.0 Å². The minimum Gasteiger partial charge on any atom is -0.457 e. The molecule has 4 aromatic rings. The van der Waals surface area contributed by atoms with E-state index in [0.29, 0.717) is 28.4 Å². The third-order valence-corrected chi connectivity index (χ3v) is 6.89. The van der Waals surface area contributed by atoms with Crippen molar-refractivity contribution in [1.82, 2.24) is 9.99 Å². The first-order chi connectivity index (χ1) is 18.1. The number of ether oxygens (including phenoxy) is 1. The number of hydrazone groups is 1. The van der Waals surface area contributed by atoms with Gasteiger partial charge in [0, 0.05) is 17.0 Å². The van der Waals surface area contributed by atoms with Gasteiger partial charge in [0.25, 0.3) is 5.91 Å². The van der Waals surface area contributed by atoms with Crippen LogP contribution in [0.4, 0.5) is 10.1 Å². The average molecular weight is 535 g/mol. The van der Waals surface area contributed by atoms with Gasteiger partial charge in [0.05, 0.1) is 23.8 Å². The zero-order chi connectivity index (χ0) is 27.3. The van der Waals surface area contributed by atoms with Crippen LogP contribution in [0.5, 0.6) is 11.5 Å². The van der Waals surface area contributed by atoms with Crippen molar-refractivity contribution < 1.29 is 22.3 Å². The van der Waals surface area contributed by atoms with Crippen LogP contribution >= 0.6 is 0 Å². The summed E-state index contributed by atoms with van der Waals surface area (Å²) in [6, 6.07) is 23.8. The first-order valence-electron chi connectivity index (χ1n) is 11.7. The lowest BCUT2D eigenvalue weighted by Crippen LogP contribution is -2.39. The number of halogens is 1. The van der Waals surface area contributed by atoms with Gasteiger partial charge in [-0.2, -0.15) is 5.10 Å². The smallest absolute Gasteiger partial charge is 0.260 e. The lowest BCUT2D eigenvalue weighted by molar-refractivity contribution is -0.119. The number of amides is 1. The van der Waals surface area contributed by atoms with Crippen LogP contribution in [0, 0.1) is 19.7 Å². The molecular formula is C28H27FN4O4S. The van der Waals surface area contributed by atoms with E-state index in [9.17, 15) is 17.6 Å². The summed E-state index contributed by atoms with van der Waals surface area (Å²) in [5, 5.41) is 3.99. The molecule has 38 heavy (non-hydrogen) atoms. The number of rotatable bonds is 9. The van der Waals surface area contributed by atoms with Crippen LogP contribution in [0.25, 0.3) is 5.69 Å². The second-order valence-corrected chi connectivity index (χ2v) is 10.5. The number of carbonyl (C=O) groups is 1. The van der Waals surface area contributed by atoms with Crippen molar-refractivity contribution in [2.45, 2.75) is 13.8 Å². The van der Waals surface area contributed by atoms with E-state index in [1.54, 1.807) is 59.2 Å². The van der Waals surface area contributed by atoms with Crippen molar-refractivity contribution in [3.8, 4) is 17.2 Å². The van der Waals surface area contributed by atoms with E-state index >= 15 is 0 Å². The summed E-state index contributed by atoms with van der Waals surface area (Å²) < 4.78 is 47.6. The van der Waals surface area contributed by atoms with Crippen LogP contribution in [0.1, 0.15) is 17.0 Å². The Hall–Kier alpha value is -4.44. The molecular weight excluding hydrogens is 507 g/mol. The van der Waals surface area contributed by atoms with Crippen molar-refractivity contribution in [2.24, 2.45) is 5.10 Å². The molecule has 0 unspecified atom stereocenters. The van der Waals surface area contributed by atoms with E-state index in [-0.39, 0.29) is 5.82 Å². The number of anilines is 1. The monoisotopic (exact) mass is 534 g/mol. The van der Waals surface area contributed by atoms with Gasteiger partial charge >= 0.3 is 0 Å². The minimum atomic E-state index is -3.76. The predicted molar refractivity (Wildman–Crippen MR) is 146 cm³/mol. The average Bonchev–Trinajstić information content (AvgIpc) is 3.16. The fraction of sp³-hybridized carbons (Fsp3) is 0.143. The number of benzene rings is 3. The van der Waals surface area contributed by atoms with Crippen molar-refractivity contribution in [1.29, 1.82) is 0 Å². The summed E-state index contributed by atoms with van der Waals surface area (Å²) in [6.07, 6.45) is 2.47. The lowest BCUT2D eigenvalue weighted by atomic mass is 10.2. The number of sulfonamides is 1. The molecule has 1 amide bonds. The van der Waals surface area contributed by atoms with Gasteiger partial charge in [-0.25, -0.2) is 18.2 Å². The van der Waals surface area contributed by atoms with Gasteiger partial charge in [-0.05, 0) is 68.4 Å². The van der Waals surface area contributed by atoms with E-state index in [1.165, 1.54) is 12.3 Å². The zero-order valence-corrected chi connectivity index (χ0v) is 21.9. The molecule has 0 saturated carbocycles. The van der Waals surface area contributed by atoms with E-state index in [2.05, 4.69) is 10.5 Å². The summed E-state index contributed by atoms with van der Waals surface area (Å²) in [6.45, 7) is 3.19. The maximum atomic E-state index is 14.3. The minimum absolute atomic E-state index is 0.306. The van der Waals surface area contributed by atoms with E-state index in [1.807, 2.05) is 38.1 Å². The fourth-order valence-electron chi connectivity index (χ4n) is 3.97. The molecule has 0 aliphatic rings. The quantitative estimate of drug-likeness (QED) is 0.243. The van der Waals surface area contributed by atoms with Crippen LogP contribution in [0.2, 0.25) is 0 Å². The Balaban J connectivity index is 1.44. The molecule has 1 aromatic heterocycles. The Labute approximate surface area is 221 Å². The molecule has 0 bridgehead atoms. The standard InChI is InChI=1S/C28H27FN4O4S/c1-20-17-22(21(2)33(20)27-12-8-7-11-26(27)29)18-30-31-28(34)19-32(38(3,35)36)23-13-15-25(16-14-23)37-24-9-5-4-6-10-24/h4-18H,19H2,1-3H3,(H,31,34)/b30-18-. The second kappa shape index (κ2) is 11.3. The van der Waals surface area contributed by atoms with Crippen LogP contribution in [-0.4, -0.2) is 37.9 Å². The molecule has 10 heteroatoms. The number of aromatic nitrogens is 1. The summed E-state index contributed by atoms with van der Waals surface area (Å²) in [4.78, 5) is 12.6. The first kappa shape index (κ1) is 26.6. The predicted octanol–water partition coefficient (Wildman–Crippen LogP) is 4.94. The van der Waals surface area contributed by atoms with Crippen molar-refractivity contribution >= 4 is 27.8 Å². The normalized spacial score (nSPS) is 11.5. The fourth-order valence-corrected chi connectivity index (χ4v) is 4.82. The highest BCUT2D eigenvalue weighted by Crippen LogP contribution is 2.25. The molecule has 0 atom stereocenters. The van der Waals surface area contributed by atoms with E-state index < -0.39 is 22.5 Å². The number of carbonyl (C=O) groups excluding carboxylic acids is 1. The molecule has 4 rings (SSSR count). The van der Waals surface area contributed by atoms with Crippen molar-refractivity contribution in [3.05, 3.63) is 108 Å². The molecule has 1 N–H and O–H groups in total. The molecule has 0 spiro atoms. The van der Waals surface area contributed by atoms with Gasteiger partial charge in [-0.3, -0.25) is 9.10 Å². The molecule has 0 aliphatic heterocycles. The van der Waals surface area contributed by atoms with Gasteiger partial charge in [0.2, 0.25) is 10.0 Å².